The zero-order valence-corrected chi connectivity index (χ0v) is 13.8. The summed E-state index contributed by atoms with van der Waals surface area (Å²) in [5, 5.41) is 4.12. The van der Waals surface area contributed by atoms with Gasteiger partial charge in [0.2, 0.25) is 0 Å². The van der Waals surface area contributed by atoms with Gasteiger partial charge in [-0.05, 0) is 34.5 Å². The molecule has 3 nitrogen and oxygen atoms in total. The number of halogens is 3. The van der Waals surface area contributed by atoms with Gasteiger partial charge in [-0.15, -0.1) is 0 Å². The highest BCUT2D eigenvalue weighted by atomic mass is 79.9. The summed E-state index contributed by atoms with van der Waals surface area (Å²) >= 11 is 12.7. The van der Waals surface area contributed by atoms with Crippen LogP contribution in [0.4, 0.5) is 0 Å². The van der Waals surface area contributed by atoms with E-state index in [1.54, 1.807) is 25.3 Å². The third-order valence-corrected chi connectivity index (χ3v) is 4.11. The van der Waals surface area contributed by atoms with Gasteiger partial charge in [0.1, 0.15) is 0 Å². The Morgan fingerprint density at radius 2 is 2.28 bits per heavy atom. The molecule has 0 saturated heterocycles. The van der Waals surface area contributed by atoms with Gasteiger partial charge in [-0.2, -0.15) is 0 Å². The van der Waals surface area contributed by atoms with Gasteiger partial charge in [-0.25, -0.2) is 0 Å². The molecule has 18 heavy (non-hydrogen) atoms. The predicted octanol–water partition coefficient (Wildman–Crippen LogP) is 3.63. The van der Waals surface area contributed by atoms with Crippen LogP contribution in [0.15, 0.2) is 22.7 Å². The summed E-state index contributed by atoms with van der Waals surface area (Å²) in [6, 6.07) is 5.24. The van der Waals surface area contributed by atoms with Crippen LogP contribution < -0.4 is 5.32 Å². The number of amides is 1. The van der Waals surface area contributed by atoms with E-state index in [9.17, 15) is 4.79 Å². The van der Waals surface area contributed by atoms with Crippen molar-refractivity contribution in [2.24, 2.45) is 0 Å². The fraction of sp³-hybridized carbons (Fsp3) is 0.417. The average molecular weight is 400 g/mol. The first kappa shape index (κ1) is 16.0. The number of carbonyl (C=O) groups excluding carboxylic acids is 1. The first-order valence-corrected chi connectivity index (χ1v) is 7.69. The molecule has 0 fully saturated rings. The van der Waals surface area contributed by atoms with Crippen molar-refractivity contribution in [1.82, 2.24) is 5.32 Å². The number of nitrogens with one attached hydrogen (secondary N) is 1. The van der Waals surface area contributed by atoms with Crippen molar-refractivity contribution >= 4 is 49.4 Å². The molecule has 1 atom stereocenters. The van der Waals surface area contributed by atoms with E-state index in [0.717, 1.165) is 11.8 Å². The Hall–Kier alpha value is -0.100. The lowest BCUT2D eigenvalue weighted by atomic mass is 10.1. The van der Waals surface area contributed by atoms with Crippen molar-refractivity contribution in [2.75, 3.05) is 19.0 Å². The van der Waals surface area contributed by atoms with Crippen LogP contribution in [-0.4, -0.2) is 31.0 Å². The third kappa shape index (κ3) is 4.53. The molecule has 0 aliphatic carbocycles. The SMILES string of the molecule is COCC(CCBr)NC(=O)c1cccc(Br)c1Cl. The molecular weight excluding hydrogens is 385 g/mol. The summed E-state index contributed by atoms with van der Waals surface area (Å²) in [6.07, 6.45) is 0.797. The second kappa shape index (κ2) is 8.15. The minimum atomic E-state index is -0.190. The van der Waals surface area contributed by atoms with E-state index >= 15 is 0 Å². The van der Waals surface area contributed by atoms with Gasteiger partial charge < -0.3 is 10.1 Å². The van der Waals surface area contributed by atoms with Crippen LogP contribution in [0.3, 0.4) is 0 Å². The fourth-order valence-electron chi connectivity index (χ4n) is 1.47. The summed E-state index contributed by atoms with van der Waals surface area (Å²) in [6.45, 7) is 0.475. The molecule has 1 rings (SSSR count). The molecule has 0 spiro atoms. The van der Waals surface area contributed by atoms with Gasteiger partial charge in [0.05, 0.1) is 23.2 Å². The highest BCUT2D eigenvalue weighted by molar-refractivity contribution is 9.10. The third-order valence-electron chi connectivity index (χ3n) is 2.36. The van der Waals surface area contributed by atoms with E-state index in [-0.39, 0.29) is 11.9 Å². The molecule has 0 heterocycles. The molecule has 0 radical (unpaired) electrons. The maximum Gasteiger partial charge on any atom is 0.253 e. The largest absolute Gasteiger partial charge is 0.383 e. The summed E-state index contributed by atoms with van der Waals surface area (Å²) in [5.74, 6) is -0.190. The number of carbonyl (C=O) groups is 1. The zero-order chi connectivity index (χ0) is 13.5. The molecule has 0 aliphatic heterocycles. The van der Waals surface area contributed by atoms with Crippen LogP contribution in [0.2, 0.25) is 5.02 Å². The number of hydrogen-bond donors (Lipinski definition) is 1. The van der Waals surface area contributed by atoms with Crippen molar-refractivity contribution in [3.63, 3.8) is 0 Å². The monoisotopic (exact) mass is 397 g/mol. The fourth-order valence-corrected chi connectivity index (χ4v) is 2.60. The van der Waals surface area contributed by atoms with Crippen LogP contribution in [-0.2, 0) is 4.74 Å². The van der Waals surface area contributed by atoms with Gasteiger partial charge in [0.15, 0.2) is 0 Å². The Labute approximate surface area is 128 Å². The van der Waals surface area contributed by atoms with E-state index in [4.69, 9.17) is 16.3 Å². The lowest BCUT2D eigenvalue weighted by Crippen LogP contribution is -2.38. The topological polar surface area (TPSA) is 38.3 Å². The van der Waals surface area contributed by atoms with Crippen LogP contribution >= 0.6 is 43.5 Å². The summed E-state index contributed by atoms with van der Waals surface area (Å²) in [5.41, 5.74) is 0.460. The highest BCUT2D eigenvalue weighted by Crippen LogP contribution is 2.25. The Kier molecular flexibility index (Phi) is 7.22. The molecule has 0 saturated carbocycles. The van der Waals surface area contributed by atoms with Crippen molar-refractivity contribution < 1.29 is 9.53 Å². The second-order valence-corrected chi connectivity index (χ2v) is 5.73. The lowest BCUT2D eigenvalue weighted by molar-refractivity contribution is 0.0895. The number of rotatable bonds is 6. The number of hydrogen-bond acceptors (Lipinski definition) is 2. The summed E-state index contributed by atoms with van der Waals surface area (Å²) in [4.78, 5) is 12.1. The Morgan fingerprint density at radius 3 is 2.89 bits per heavy atom. The van der Waals surface area contributed by atoms with Gasteiger partial charge in [0.25, 0.3) is 5.91 Å². The molecule has 6 heteroatoms. The number of ether oxygens (including phenoxy) is 1. The second-order valence-electron chi connectivity index (χ2n) is 3.70. The van der Waals surface area contributed by atoms with Crippen LogP contribution in [0.25, 0.3) is 0 Å². The highest BCUT2D eigenvalue weighted by Gasteiger charge is 2.16. The predicted molar refractivity (Wildman–Crippen MR) is 80.7 cm³/mol. The quantitative estimate of drug-likeness (QED) is 0.742. The minimum Gasteiger partial charge on any atom is -0.383 e. The van der Waals surface area contributed by atoms with Crippen LogP contribution in [0, 0.1) is 0 Å². The Morgan fingerprint density at radius 1 is 1.56 bits per heavy atom. The van der Waals surface area contributed by atoms with Crippen LogP contribution in [0.1, 0.15) is 16.8 Å². The standard InChI is InChI=1S/C12H14Br2ClNO2/c1-18-7-8(5-6-13)16-12(17)9-3-2-4-10(14)11(9)15/h2-4,8H,5-7H2,1H3,(H,16,17). The smallest absolute Gasteiger partial charge is 0.253 e. The summed E-state index contributed by atoms with van der Waals surface area (Å²) in [7, 11) is 1.61. The minimum absolute atomic E-state index is 0.0306. The van der Waals surface area contributed by atoms with Gasteiger partial charge in [0, 0.05) is 16.9 Å². The van der Waals surface area contributed by atoms with Crippen molar-refractivity contribution in [2.45, 2.75) is 12.5 Å². The first-order chi connectivity index (χ1) is 8.60. The number of alkyl halides is 1. The van der Waals surface area contributed by atoms with E-state index in [1.807, 2.05) is 0 Å². The lowest BCUT2D eigenvalue weighted by Gasteiger charge is -2.17. The molecule has 1 aromatic rings. The first-order valence-electron chi connectivity index (χ1n) is 5.40. The van der Waals surface area contributed by atoms with Gasteiger partial charge in [-0.1, -0.05) is 33.6 Å². The van der Waals surface area contributed by atoms with Gasteiger partial charge in [-0.3, -0.25) is 4.79 Å². The molecule has 1 unspecified atom stereocenters. The molecule has 0 bridgehead atoms. The zero-order valence-electron chi connectivity index (χ0n) is 9.88. The average Bonchev–Trinajstić information content (AvgIpc) is 2.33. The molecule has 1 aromatic carbocycles. The van der Waals surface area contributed by atoms with E-state index in [2.05, 4.69) is 37.2 Å². The van der Waals surface area contributed by atoms with Crippen molar-refractivity contribution in [3.05, 3.63) is 33.3 Å². The number of benzene rings is 1. The van der Waals surface area contributed by atoms with E-state index in [1.165, 1.54) is 0 Å². The Bertz CT molecular complexity index is 409. The molecular formula is C12H14Br2ClNO2. The van der Waals surface area contributed by atoms with Crippen molar-refractivity contribution in [1.29, 1.82) is 0 Å². The van der Waals surface area contributed by atoms with E-state index in [0.29, 0.717) is 21.7 Å². The molecule has 1 amide bonds. The van der Waals surface area contributed by atoms with Gasteiger partial charge >= 0.3 is 0 Å². The molecule has 1 N–H and O–H groups in total. The van der Waals surface area contributed by atoms with E-state index < -0.39 is 0 Å². The Balaban J connectivity index is 2.77. The van der Waals surface area contributed by atoms with Crippen molar-refractivity contribution in [3.8, 4) is 0 Å². The maximum absolute atomic E-state index is 12.1. The van der Waals surface area contributed by atoms with Crippen LogP contribution in [0.5, 0.6) is 0 Å². The maximum atomic E-state index is 12.1. The normalized spacial score (nSPS) is 12.2. The summed E-state index contributed by atoms with van der Waals surface area (Å²) < 4.78 is 5.78. The molecule has 100 valence electrons. The number of methoxy groups -OCH3 is 1. The molecule has 0 aliphatic rings. The molecule has 0 aromatic heterocycles.